The summed E-state index contributed by atoms with van der Waals surface area (Å²) in [7, 11) is -0.453. The normalized spacial score (nSPS) is 12.2. The minimum absolute atomic E-state index is 0.0438. The molecule has 0 aliphatic carbocycles. The lowest BCUT2D eigenvalue weighted by molar-refractivity contribution is 0.0828. The van der Waals surface area contributed by atoms with Gasteiger partial charge in [-0.05, 0) is 44.2 Å². The molecule has 9 nitrogen and oxygen atoms in total. The van der Waals surface area contributed by atoms with Crippen molar-refractivity contribution >= 4 is 38.2 Å². The predicted molar refractivity (Wildman–Crippen MR) is 114 cm³/mol. The summed E-state index contributed by atoms with van der Waals surface area (Å²) in [4.78, 5) is 16.6. The lowest BCUT2D eigenvalue weighted by Gasteiger charge is -2.11. The van der Waals surface area contributed by atoms with Crippen LogP contribution in [0.4, 0.5) is 11.4 Å². The third-order valence-corrected chi connectivity index (χ3v) is 5.88. The maximum atomic E-state index is 12.5. The Morgan fingerprint density at radius 2 is 1.83 bits per heavy atom. The summed E-state index contributed by atoms with van der Waals surface area (Å²) in [5, 5.41) is 18.9. The van der Waals surface area contributed by atoms with Crippen LogP contribution in [-0.2, 0) is 10.0 Å². The van der Waals surface area contributed by atoms with Gasteiger partial charge in [-0.25, -0.2) is 13.1 Å². The molecule has 158 valence electrons. The Balaban J connectivity index is 2.07. The number of benzene rings is 2. The Hall–Kier alpha value is -3.24. The van der Waals surface area contributed by atoms with Crippen molar-refractivity contribution < 1.29 is 18.3 Å². The lowest BCUT2D eigenvalue weighted by Crippen LogP contribution is -2.30. The number of amides is 1. The second kappa shape index (κ2) is 8.25. The number of fused-ring (bicyclic) bond motifs is 1. The molecular weight excluding hydrogens is 406 g/mol. The highest BCUT2D eigenvalue weighted by Crippen LogP contribution is 2.37. The molecule has 0 bridgehead atoms. The summed E-state index contributed by atoms with van der Waals surface area (Å²) in [6.45, 7) is 3.45. The first-order chi connectivity index (χ1) is 14.1. The van der Waals surface area contributed by atoms with Gasteiger partial charge in [0.15, 0.2) is 5.69 Å². The summed E-state index contributed by atoms with van der Waals surface area (Å²) >= 11 is 0. The van der Waals surface area contributed by atoms with Crippen molar-refractivity contribution in [1.82, 2.24) is 14.6 Å². The van der Waals surface area contributed by atoms with Crippen molar-refractivity contribution in [3.63, 3.8) is 0 Å². The standard InChI is InChI=1S/C20H23N5O4S/c1-12(2)24-30(28,29)13-9-10-16-15(11-13)18(19(26)21-16)23-22-17-8-6-5-7-14(17)20(27)25(3)4/h5-12,21,24,26H,1-4H3. The van der Waals surface area contributed by atoms with E-state index in [0.717, 1.165) is 0 Å². The van der Waals surface area contributed by atoms with Gasteiger partial charge in [0, 0.05) is 25.5 Å². The molecule has 0 fully saturated rings. The Labute approximate surface area is 174 Å². The number of aromatic nitrogens is 1. The number of hydrogen-bond donors (Lipinski definition) is 3. The van der Waals surface area contributed by atoms with Crippen LogP contribution in [0.2, 0.25) is 0 Å². The number of nitrogens with one attached hydrogen (secondary N) is 2. The molecule has 1 heterocycles. The third-order valence-electron chi connectivity index (χ3n) is 4.22. The van der Waals surface area contributed by atoms with Crippen molar-refractivity contribution in [1.29, 1.82) is 0 Å². The van der Waals surface area contributed by atoms with Crippen LogP contribution < -0.4 is 4.72 Å². The highest BCUT2D eigenvalue weighted by atomic mass is 32.2. The van der Waals surface area contributed by atoms with Gasteiger partial charge in [0.2, 0.25) is 15.9 Å². The fourth-order valence-electron chi connectivity index (χ4n) is 2.88. The van der Waals surface area contributed by atoms with E-state index in [4.69, 9.17) is 0 Å². The van der Waals surface area contributed by atoms with E-state index < -0.39 is 10.0 Å². The zero-order valence-corrected chi connectivity index (χ0v) is 17.9. The fourth-order valence-corrected chi connectivity index (χ4v) is 4.15. The second-order valence-electron chi connectivity index (χ2n) is 7.22. The maximum absolute atomic E-state index is 12.5. The number of carbonyl (C=O) groups is 1. The minimum Gasteiger partial charge on any atom is -0.493 e. The van der Waals surface area contributed by atoms with Crippen LogP contribution in [0, 0.1) is 0 Å². The molecule has 1 amide bonds. The summed E-state index contributed by atoms with van der Waals surface area (Å²) < 4.78 is 27.5. The van der Waals surface area contributed by atoms with Gasteiger partial charge in [-0.15, -0.1) is 10.2 Å². The molecule has 0 saturated carbocycles. The monoisotopic (exact) mass is 429 g/mol. The number of hydrogen-bond acceptors (Lipinski definition) is 6. The van der Waals surface area contributed by atoms with Gasteiger partial charge in [0.05, 0.1) is 21.7 Å². The van der Waals surface area contributed by atoms with Gasteiger partial charge in [0.25, 0.3) is 5.91 Å². The van der Waals surface area contributed by atoms with Gasteiger partial charge < -0.3 is 15.0 Å². The third kappa shape index (κ3) is 4.34. The smallest absolute Gasteiger partial charge is 0.255 e. The van der Waals surface area contributed by atoms with Crippen molar-refractivity contribution in [3.8, 4) is 5.88 Å². The fraction of sp³-hybridized carbons (Fsp3) is 0.250. The van der Waals surface area contributed by atoms with Gasteiger partial charge in [-0.3, -0.25) is 4.79 Å². The van der Waals surface area contributed by atoms with E-state index in [2.05, 4.69) is 19.9 Å². The molecule has 3 N–H and O–H groups in total. The van der Waals surface area contributed by atoms with E-state index in [1.54, 1.807) is 58.3 Å². The first-order valence-electron chi connectivity index (χ1n) is 9.19. The van der Waals surface area contributed by atoms with Crippen molar-refractivity contribution in [2.45, 2.75) is 24.8 Å². The number of nitrogens with zero attached hydrogens (tertiary/aromatic N) is 3. The molecule has 0 atom stereocenters. The maximum Gasteiger partial charge on any atom is 0.255 e. The largest absolute Gasteiger partial charge is 0.493 e. The van der Waals surface area contributed by atoms with Crippen LogP contribution in [0.5, 0.6) is 5.88 Å². The molecule has 0 unspecified atom stereocenters. The molecule has 10 heteroatoms. The molecule has 3 rings (SSSR count). The first kappa shape index (κ1) is 21.5. The Morgan fingerprint density at radius 1 is 1.13 bits per heavy atom. The molecule has 0 radical (unpaired) electrons. The lowest BCUT2D eigenvalue weighted by atomic mass is 10.1. The van der Waals surface area contributed by atoms with E-state index >= 15 is 0 Å². The molecule has 2 aromatic carbocycles. The number of carbonyl (C=O) groups excluding carboxylic acids is 1. The summed E-state index contributed by atoms with van der Waals surface area (Å²) in [6.07, 6.45) is 0. The van der Waals surface area contributed by atoms with E-state index in [1.807, 2.05) is 0 Å². The van der Waals surface area contributed by atoms with Gasteiger partial charge >= 0.3 is 0 Å². The molecular formula is C20H23N5O4S. The van der Waals surface area contributed by atoms with Gasteiger partial charge in [-0.2, -0.15) is 0 Å². The molecule has 0 saturated heterocycles. The summed E-state index contributed by atoms with van der Waals surface area (Å²) in [5.41, 5.74) is 1.27. The molecule has 0 aliphatic rings. The Bertz CT molecular complexity index is 1230. The first-order valence-corrected chi connectivity index (χ1v) is 10.7. The second-order valence-corrected chi connectivity index (χ2v) is 8.94. The van der Waals surface area contributed by atoms with Crippen LogP contribution in [0.25, 0.3) is 10.9 Å². The van der Waals surface area contributed by atoms with Crippen LogP contribution in [-0.4, -0.2) is 49.5 Å². The molecule has 30 heavy (non-hydrogen) atoms. The minimum atomic E-state index is -3.72. The van der Waals surface area contributed by atoms with E-state index in [0.29, 0.717) is 22.2 Å². The van der Waals surface area contributed by atoms with E-state index in [9.17, 15) is 18.3 Å². The number of aromatic hydroxyl groups is 1. The van der Waals surface area contributed by atoms with Gasteiger partial charge in [0.1, 0.15) is 0 Å². The molecule has 1 aromatic heterocycles. The number of sulfonamides is 1. The van der Waals surface area contributed by atoms with Crippen molar-refractivity contribution in [3.05, 3.63) is 48.0 Å². The van der Waals surface area contributed by atoms with Crippen LogP contribution in [0.3, 0.4) is 0 Å². The van der Waals surface area contributed by atoms with Crippen LogP contribution >= 0.6 is 0 Å². The molecule has 0 aliphatic heterocycles. The topological polar surface area (TPSA) is 127 Å². The SMILES string of the molecule is CC(C)NS(=O)(=O)c1ccc2[nH]c(O)c(N=Nc3ccccc3C(=O)N(C)C)c2c1. The van der Waals surface area contributed by atoms with Crippen molar-refractivity contribution in [2.24, 2.45) is 10.2 Å². The highest BCUT2D eigenvalue weighted by molar-refractivity contribution is 7.89. The van der Waals surface area contributed by atoms with E-state index in [1.165, 1.54) is 17.0 Å². The number of aromatic amines is 1. The zero-order valence-electron chi connectivity index (χ0n) is 17.0. The van der Waals surface area contributed by atoms with E-state index in [-0.39, 0.29) is 28.4 Å². The van der Waals surface area contributed by atoms with Crippen molar-refractivity contribution in [2.75, 3.05) is 14.1 Å². The van der Waals surface area contributed by atoms with Crippen LogP contribution in [0.15, 0.2) is 57.6 Å². The summed E-state index contributed by atoms with van der Waals surface area (Å²) in [6, 6.07) is 10.8. The zero-order chi connectivity index (χ0) is 22.1. The Kier molecular flexibility index (Phi) is 5.90. The Morgan fingerprint density at radius 3 is 2.50 bits per heavy atom. The average molecular weight is 430 g/mol. The molecule has 0 spiro atoms. The number of H-pyrrole nitrogens is 1. The summed E-state index contributed by atoms with van der Waals surface area (Å²) in [5.74, 6) is -0.489. The van der Waals surface area contributed by atoms with Gasteiger partial charge in [-0.1, -0.05) is 12.1 Å². The number of azo groups is 1. The highest BCUT2D eigenvalue weighted by Gasteiger charge is 2.19. The molecule has 3 aromatic rings. The number of rotatable bonds is 6. The quantitative estimate of drug-likeness (QED) is 0.517. The van der Waals surface area contributed by atoms with Crippen LogP contribution in [0.1, 0.15) is 24.2 Å². The average Bonchev–Trinajstić information content (AvgIpc) is 2.99. The predicted octanol–water partition coefficient (Wildman–Crippen LogP) is 3.68.